The van der Waals surface area contributed by atoms with Gasteiger partial charge in [-0.05, 0) is 42.0 Å². The molecule has 0 spiro atoms. The van der Waals surface area contributed by atoms with Crippen molar-refractivity contribution < 1.29 is 13.1 Å². The van der Waals surface area contributed by atoms with Gasteiger partial charge in [-0.2, -0.15) is 4.98 Å². The number of hydrogen-bond acceptors (Lipinski definition) is 5. The maximum absolute atomic E-state index is 13.2. The summed E-state index contributed by atoms with van der Waals surface area (Å²) in [5, 5.41) is 3.85. The first kappa shape index (κ1) is 16.3. The molecule has 5 nitrogen and oxygen atoms in total. The number of nitrogens with zero attached hydrogens (tertiary/aromatic N) is 3. The normalized spacial score (nSPS) is 13.5. The second-order valence-electron chi connectivity index (χ2n) is 5.38. The largest absolute Gasteiger partial charge is 0.339 e. The summed E-state index contributed by atoms with van der Waals surface area (Å²) in [6.45, 7) is 1.91. The lowest BCUT2D eigenvalue weighted by Gasteiger charge is -2.06. The van der Waals surface area contributed by atoms with Crippen molar-refractivity contribution >= 4 is 9.73 Å². The van der Waals surface area contributed by atoms with Gasteiger partial charge in [0.25, 0.3) is 0 Å². The lowest BCUT2D eigenvalue weighted by Crippen LogP contribution is -1.99. The van der Waals surface area contributed by atoms with E-state index < -0.39 is 9.73 Å². The van der Waals surface area contributed by atoms with E-state index in [0.717, 1.165) is 5.56 Å². The molecule has 124 valence electrons. The van der Waals surface area contributed by atoms with Gasteiger partial charge in [0.1, 0.15) is 5.82 Å². The molecule has 0 bridgehead atoms. The fourth-order valence-electron chi connectivity index (χ4n) is 2.18. The maximum Gasteiger partial charge on any atom is 0.223 e. The van der Waals surface area contributed by atoms with Crippen molar-refractivity contribution in [2.75, 3.05) is 6.26 Å². The Hall–Kier alpha value is -2.54. The van der Waals surface area contributed by atoms with Crippen molar-refractivity contribution in [1.29, 1.82) is 0 Å². The second kappa shape index (κ2) is 6.52. The van der Waals surface area contributed by atoms with Gasteiger partial charge in [0.2, 0.25) is 11.7 Å². The van der Waals surface area contributed by atoms with Gasteiger partial charge in [-0.1, -0.05) is 17.3 Å². The number of halogens is 1. The third-order valence-corrected chi connectivity index (χ3v) is 5.23. The summed E-state index contributed by atoms with van der Waals surface area (Å²) in [6, 6.07) is 13.1. The Kier molecular flexibility index (Phi) is 4.44. The predicted octanol–water partition coefficient (Wildman–Crippen LogP) is 3.84. The van der Waals surface area contributed by atoms with Crippen LogP contribution in [0.5, 0.6) is 0 Å². The molecule has 1 unspecified atom stereocenters. The SMILES string of the molecule is Cc1nc(-c2ccc(S(C)(=O)=NCc3cccc(F)c3)cc2)no1. The van der Waals surface area contributed by atoms with E-state index in [9.17, 15) is 8.60 Å². The molecule has 0 saturated carbocycles. The van der Waals surface area contributed by atoms with Gasteiger partial charge in [0.05, 0.1) is 16.3 Å². The van der Waals surface area contributed by atoms with Crippen molar-refractivity contribution in [3.63, 3.8) is 0 Å². The minimum Gasteiger partial charge on any atom is -0.339 e. The van der Waals surface area contributed by atoms with Crippen LogP contribution in [-0.2, 0) is 16.3 Å². The van der Waals surface area contributed by atoms with E-state index >= 15 is 0 Å². The fourth-order valence-corrected chi connectivity index (χ4v) is 3.37. The average molecular weight is 345 g/mol. The van der Waals surface area contributed by atoms with E-state index in [1.165, 1.54) is 12.1 Å². The Labute approximate surface area is 139 Å². The third kappa shape index (κ3) is 3.68. The molecule has 0 radical (unpaired) electrons. The van der Waals surface area contributed by atoms with E-state index in [2.05, 4.69) is 14.5 Å². The van der Waals surface area contributed by atoms with Crippen LogP contribution in [0.4, 0.5) is 4.39 Å². The van der Waals surface area contributed by atoms with Crippen molar-refractivity contribution in [1.82, 2.24) is 10.1 Å². The molecule has 0 aliphatic rings. The van der Waals surface area contributed by atoms with Gasteiger partial charge in [-0.3, -0.25) is 0 Å². The molecule has 3 rings (SSSR count). The van der Waals surface area contributed by atoms with E-state index in [4.69, 9.17) is 4.52 Å². The molecule has 0 aliphatic heterocycles. The van der Waals surface area contributed by atoms with Crippen LogP contribution in [0, 0.1) is 12.7 Å². The lowest BCUT2D eigenvalue weighted by atomic mass is 10.2. The average Bonchev–Trinajstić information content (AvgIpc) is 3.00. The second-order valence-corrected chi connectivity index (χ2v) is 7.72. The highest BCUT2D eigenvalue weighted by Gasteiger charge is 2.09. The van der Waals surface area contributed by atoms with Crippen molar-refractivity contribution in [2.45, 2.75) is 18.4 Å². The van der Waals surface area contributed by atoms with Gasteiger partial charge in [-0.25, -0.2) is 13.0 Å². The number of rotatable bonds is 4. The zero-order valence-corrected chi connectivity index (χ0v) is 14.1. The van der Waals surface area contributed by atoms with Gasteiger partial charge < -0.3 is 4.52 Å². The summed E-state index contributed by atoms with van der Waals surface area (Å²) in [5.74, 6) is 0.641. The number of aryl methyl sites for hydroxylation is 1. The van der Waals surface area contributed by atoms with E-state index in [1.54, 1.807) is 49.6 Å². The van der Waals surface area contributed by atoms with Crippen LogP contribution in [0.15, 0.2) is 62.3 Å². The van der Waals surface area contributed by atoms with Gasteiger partial charge in [0.15, 0.2) is 0 Å². The van der Waals surface area contributed by atoms with Crippen LogP contribution in [0.2, 0.25) is 0 Å². The highest BCUT2D eigenvalue weighted by molar-refractivity contribution is 7.93. The quantitative estimate of drug-likeness (QED) is 0.720. The predicted molar refractivity (Wildman–Crippen MR) is 89.3 cm³/mol. The van der Waals surface area contributed by atoms with Crippen LogP contribution in [0.25, 0.3) is 11.4 Å². The maximum atomic E-state index is 13.2. The van der Waals surface area contributed by atoms with Crippen molar-refractivity contribution in [2.24, 2.45) is 4.36 Å². The highest BCUT2D eigenvalue weighted by Crippen LogP contribution is 2.20. The summed E-state index contributed by atoms with van der Waals surface area (Å²) in [7, 11) is -2.58. The molecule has 1 heterocycles. The van der Waals surface area contributed by atoms with Gasteiger partial charge in [0, 0.05) is 23.6 Å². The molecule has 24 heavy (non-hydrogen) atoms. The summed E-state index contributed by atoms with van der Waals surface area (Å²) in [4.78, 5) is 4.75. The summed E-state index contributed by atoms with van der Waals surface area (Å²) in [5.41, 5.74) is 1.46. The minimum atomic E-state index is -2.58. The molecule has 0 saturated heterocycles. The number of benzene rings is 2. The zero-order valence-electron chi connectivity index (χ0n) is 13.3. The van der Waals surface area contributed by atoms with Gasteiger partial charge >= 0.3 is 0 Å². The Bertz CT molecular complexity index is 974. The first-order valence-corrected chi connectivity index (χ1v) is 9.19. The van der Waals surface area contributed by atoms with Crippen LogP contribution in [0.1, 0.15) is 11.5 Å². The molecular weight excluding hydrogens is 329 g/mol. The van der Waals surface area contributed by atoms with Crippen LogP contribution in [-0.4, -0.2) is 20.6 Å². The van der Waals surface area contributed by atoms with Crippen LogP contribution < -0.4 is 0 Å². The Balaban J connectivity index is 1.84. The standard InChI is InChI=1S/C17H16FN3O2S/c1-12-20-17(21-23-12)14-6-8-16(9-7-14)24(2,22)19-11-13-4-3-5-15(18)10-13/h3-10H,11H2,1-2H3. The Morgan fingerprint density at radius 1 is 1.21 bits per heavy atom. The summed E-state index contributed by atoms with van der Waals surface area (Å²) >= 11 is 0. The topological polar surface area (TPSA) is 68.3 Å². The molecule has 2 aromatic carbocycles. The van der Waals surface area contributed by atoms with E-state index in [-0.39, 0.29) is 12.4 Å². The van der Waals surface area contributed by atoms with Crippen LogP contribution in [0.3, 0.4) is 0 Å². The molecule has 0 fully saturated rings. The van der Waals surface area contributed by atoms with Crippen molar-refractivity contribution in [3.05, 3.63) is 65.8 Å². The Morgan fingerprint density at radius 2 is 1.96 bits per heavy atom. The molecule has 0 aliphatic carbocycles. The van der Waals surface area contributed by atoms with Crippen LogP contribution >= 0.6 is 0 Å². The molecule has 0 amide bonds. The molecule has 0 N–H and O–H groups in total. The lowest BCUT2D eigenvalue weighted by molar-refractivity contribution is 0.394. The summed E-state index contributed by atoms with van der Waals surface area (Å²) in [6.07, 6.45) is 1.57. The first-order chi connectivity index (χ1) is 11.4. The number of hydrogen-bond donors (Lipinski definition) is 0. The smallest absolute Gasteiger partial charge is 0.223 e. The van der Waals surface area contributed by atoms with Crippen molar-refractivity contribution in [3.8, 4) is 11.4 Å². The van der Waals surface area contributed by atoms with E-state index in [0.29, 0.717) is 22.2 Å². The molecule has 1 aromatic heterocycles. The highest BCUT2D eigenvalue weighted by atomic mass is 32.2. The van der Waals surface area contributed by atoms with Gasteiger partial charge in [-0.15, -0.1) is 0 Å². The zero-order chi connectivity index (χ0) is 17.2. The summed E-state index contributed by atoms with van der Waals surface area (Å²) < 4.78 is 35.2. The molecule has 7 heteroatoms. The Morgan fingerprint density at radius 3 is 2.58 bits per heavy atom. The molecular formula is C17H16FN3O2S. The first-order valence-electron chi connectivity index (χ1n) is 7.27. The third-order valence-electron chi connectivity index (χ3n) is 3.46. The monoisotopic (exact) mass is 345 g/mol. The molecule has 3 aromatic rings. The molecule has 1 atom stereocenters. The minimum absolute atomic E-state index is 0.193. The van der Waals surface area contributed by atoms with E-state index in [1.807, 2.05) is 0 Å². The number of aromatic nitrogens is 2. The fraction of sp³-hybridized carbons (Fsp3) is 0.176.